The Hall–Kier alpha value is -1.51. The summed E-state index contributed by atoms with van der Waals surface area (Å²) in [5.41, 5.74) is 0.201. The van der Waals surface area contributed by atoms with Crippen molar-refractivity contribution in [2.45, 2.75) is 236 Å². The van der Waals surface area contributed by atoms with Crippen LogP contribution in [-0.2, 0) is 42.7 Å². The van der Waals surface area contributed by atoms with E-state index in [1.807, 2.05) is 0 Å². The van der Waals surface area contributed by atoms with Crippen molar-refractivity contribution in [2.75, 3.05) is 19.8 Å². The van der Waals surface area contributed by atoms with Crippen LogP contribution in [0, 0.1) is 50.2 Å². The number of allylic oxidation sites excluding steroid dienone is 2. The number of carboxylic acids is 1. The Morgan fingerprint density at radius 2 is 1.29 bits per heavy atom. The molecular weight excluding hydrogens is 945 g/mol. The summed E-state index contributed by atoms with van der Waals surface area (Å²) < 4.78 is 47.5. The summed E-state index contributed by atoms with van der Waals surface area (Å²) in [6.45, 7) is 16.4. The highest BCUT2D eigenvalue weighted by Gasteiger charge is 2.70. The maximum Gasteiger partial charge on any atom is 0.310 e. The van der Waals surface area contributed by atoms with E-state index in [9.17, 15) is 61.0 Å². The molecule has 26 unspecified atom stereocenters. The Bertz CT molecular complexity index is 1990. The van der Waals surface area contributed by atoms with Gasteiger partial charge in [-0.2, -0.15) is 0 Å². The zero-order valence-corrected chi connectivity index (χ0v) is 43.1. The molecule has 5 aliphatic carbocycles. The highest BCUT2D eigenvalue weighted by atomic mass is 16.8. The van der Waals surface area contributed by atoms with E-state index < -0.39 is 135 Å². The van der Waals surface area contributed by atoms with Gasteiger partial charge in [0.05, 0.1) is 37.4 Å². The molecular formula is C52H84O20. The molecule has 0 radical (unpaired) electrons. The SMILES string of the molecule is CC1OC(OC2COC(OC3CCC4(C)C(CCC5(C)C4CC=C4C6CC(C)(C)CCC6(C(=O)O)CCC45C)C3(C)C)C(O)C2O)C(OC2OCC(O)C(OC3OC(CO)C(O)C(O)C3O)C2O)C(O)C1O. The topological polar surface area (TPSA) is 313 Å². The minimum Gasteiger partial charge on any atom is -0.481 e. The molecule has 8 fully saturated rings. The van der Waals surface area contributed by atoms with Crippen LogP contribution in [0.2, 0.25) is 0 Å². The van der Waals surface area contributed by atoms with E-state index in [1.54, 1.807) is 0 Å². The number of aliphatic hydroxyl groups is 10. The number of fused-ring (bicyclic) bond motifs is 7. The molecule has 0 aromatic carbocycles. The molecule has 4 aliphatic heterocycles. The van der Waals surface area contributed by atoms with Crippen molar-refractivity contribution >= 4 is 5.97 Å². The lowest BCUT2D eigenvalue weighted by molar-refractivity contribution is -0.384. The van der Waals surface area contributed by atoms with Gasteiger partial charge >= 0.3 is 5.97 Å². The molecule has 9 aliphatic rings. The summed E-state index contributed by atoms with van der Waals surface area (Å²) in [6, 6.07) is 0. The number of hydrogen-bond donors (Lipinski definition) is 11. The first kappa shape index (κ1) is 55.3. The molecule has 0 aromatic rings. The van der Waals surface area contributed by atoms with Crippen LogP contribution in [0.4, 0.5) is 0 Å². The first-order valence-corrected chi connectivity index (χ1v) is 26.5. The molecule has 26 atom stereocenters. The Morgan fingerprint density at radius 1 is 0.639 bits per heavy atom. The second-order valence-corrected chi connectivity index (χ2v) is 25.4. The van der Waals surface area contributed by atoms with Gasteiger partial charge < -0.3 is 94.1 Å². The van der Waals surface area contributed by atoms with Gasteiger partial charge in [0.25, 0.3) is 0 Å². The van der Waals surface area contributed by atoms with E-state index in [-0.39, 0.29) is 51.6 Å². The van der Waals surface area contributed by atoms with Gasteiger partial charge in [0.15, 0.2) is 25.2 Å². The number of carboxylic acid groups (broad SMARTS) is 1. The molecule has 11 N–H and O–H groups in total. The van der Waals surface area contributed by atoms with Crippen molar-refractivity contribution < 1.29 is 98.9 Å². The second-order valence-electron chi connectivity index (χ2n) is 25.4. The van der Waals surface area contributed by atoms with Gasteiger partial charge in [-0.05, 0) is 116 Å². The molecule has 20 heteroatoms. The van der Waals surface area contributed by atoms with Gasteiger partial charge in [0.1, 0.15) is 79.4 Å². The summed E-state index contributed by atoms with van der Waals surface area (Å²) in [5, 5.41) is 119. The van der Waals surface area contributed by atoms with E-state index in [0.29, 0.717) is 18.8 Å². The standard InChI is InChI=1S/C52H84O20/c1-23-32(55)36(59)41(72-43-39(62)40(26(54)21-65-43)71-44-38(61)35(58)33(56)27(20-53)68-44)45(67-23)69-28-22-66-42(37(60)34(28)57)70-31-12-13-49(6)29(48(31,4)5)11-14-51(8)30(49)10-9-24-25-19-47(2,3)15-17-52(25,46(63)64)18-16-50(24,51)7/h9,23,25-45,53-62H,10-22H2,1-8H3,(H,63,64). The van der Waals surface area contributed by atoms with E-state index >= 15 is 0 Å². The Labute approximate surface area is 421 Å². The molecule has 0 amide bonds. The summed E-state index contributed by atoms with van der Waals surface area (Å²) >= 11 is 0. The number of aliphatic carboxylic acids is 1. The Balaban J connectivity index is 0.851. The predicted octanol–water partition coefficient (Wildman–Crippen LogP) is 0.836. The van der Waals surface area contributed by atoms with Gasteiger partial charge in [-0.25, -0.2) is 0 Å². The number of ether oxygens (including phenoxy) is 8. The zero-order chi connectivity index (χ0) is 52.4. The van der Waals surface area contributed by atoms with Gasteiger partial charge in [-0.1, -0.05) is 60.1 Å². The average molecular weight is 1030 g/mol. The first-order chi connectivity index (χ1) is 33.7. The summed E-state index contributed by atoms with van der Waals surface area (Å²) in [5.74, 6) is 0.0165. The van der Waals surface area contributed by atoms with E-state index in [2.05, 4.69) is 54.5 Å². The molecule has 0 spiro atoms. The van der Waals surface area contributed by atoms with Crippen LogP contribution in [0.15, 0.2) is 11.6 Å². The molecule has 20 nitrogen and oxygen atoms in total. The molecule has 0 aromatic heterocycles. The largest absolute Gasteiger partial charge is 0.481 e. The molecule has 4 saturated heterocycles. The van der Waals surface area contributed by atoms with Gasteiger partial charge in [0, 0.05) is 0 Å². The van der Waals surface area contributed by atoms with Crippen molar-refractivity contribution in [1.82, 2.24) is 0 Å². The van der Waals surface area contributed by atoms with Crippen LogP contribution in [0.5, 0.6) is 0 Å². The van der Waals surface area contributed by atoms with E-state index in [4.69, 9.17) is 37.9 Å². The normalized spacial score (nSPS) is 54.3. The quantitative estimate of drug-likeness (QED) is 0.107. The van der Waals surface area contributed by atoms with Crippen LogP contribution in [0.1, 0.15) is 120 Å². The third-order valence-corrected chi connectivity index (χ3v) is 20.7. The zero-order valence-electron chi connectivity index (χ0n) is 43.1. The molecule has 4 heterocycles. The fraction of sp³-hybridized carbons (Fsp3) is 0.942. The molecule has 412 valence electrons. The Kier molecular flexibility index (Phi) is 15.2. The van der Waals surface area contributed by atoms with E-state index in [0.717, 1.165) is 51.4 Å². The van der Waals surface area contributed by atoms with Crippen LogP contribution >= 0.6 is 0 Å². The van der Waals surface area contributed by atoms with Gasteiger partial charge in [-0.3, -0.25) is 4.79 Å². The monoisotopic (exact) mass is 1030 g/mol. The Morgan fingerprint density at radius 3 is 1.99 bits per heavy atom. The van der Waals surface area contributed by atoms with Gasteiger partial charge in [0.2, 0.25) is 0 Å². The third kappa shape index (κ3) is 8.87. The lowest BCUT2D eigenvalue weighted by atomic mass is 9.33. The first-order valence-electron chi connectivity index (χ1n) is 26.5. The highest BCUT2D eigenvalue weighted by Crippen LogP contribution is 2.76. The molecule has 9 rings (SSSR count). The lowest BCUT2D eigenvalue weighted by Crippen LogP contribution is -2.66. The van der Waals surface area contributed by atoms with Crippen LogP contribution in [0.25, 0.3) is 0 Å². The maximum absolute atomic E-state index is 13.1. The fourth-order valence-electron chi connectivity index (χ4n) is 16.0. The number of rotatable bonds is 10. The highest BCUT2D eigenvalue weighted by molar-refractivity contribution is 5.76. The molecule has 4 saturated carbocycles. The fourth-order valence-corrected chi connectivity index (χ4v) is 16.0. The minimum atomic E-state index is -1.87. The average Bonchev–Trinajstić information content (AvgIpc) is 3.31. The molecule has 72 heavy (non-hydrogen) atoms. The van der Waals surface area contributed by atoms with Crippen molar-refractivity contribution in [2.24, 2.45) is 50.2 Å². The van der Waals surface area contributed by atoms with Crippen LogP contribution in [-0.4, -0.2) is 199 Å². The summed E-state index contributed by atoms with van der Waals surface area (Å²) in [6.07, 6.45) is -17.5. The van der Waals surface area contributed by atoms with Crippen molar-refractivity contribution in [3.8, 4) is 0 Å². The second kappa shape index (κ2) is 19.7. The maximum atomic E-state index is 13.1. The summed E-state index contributed by atoms with van der Waals surface area (Å²) in [4.78, 5) is 13.1. The van der Waals surface area contributed by atoms with Crippen molar-refractivity contribution in [3.05, 3.63) is 11.6 Å². The third-order valence-electron chi connectivity index (χ3n) is 20.7. The number of hydrogen-bond acceptors (Lipinski definition) is 19. The summed E-state index contributed by atoms with van der Waals surface area (Å²) in [7, 11) is 0. The van der Waals surface area contributed by atoms with Crippen LogP contribution in [0.3, 0.4) is 0 Å². The minimum absolute atomic E-state index is 0.0297. The lowest BCUT2D eigenvalue weighted by Gasteiger charge is -2.71. The predicted molar refractivity (Wildman–Crippen MR) is 250 cm³/mol. The number of carbonyl (C=O) groups is 1. The van der Waals surface area contributed by atoms with Crippen molar-refractivity contribution in [1.29, 1.82) is 0 Å². The molecule has 0 bridgehead atoms. The number of aliphatic hydroxyl groups excluding tert-OH is 10. The van der Waals surface area contributed by atoms with Crippen molar-refractivity contribution in [3.63, 3.8) is 0 Å². The van der Waals surface area contributed by atoms with E-state index in [1.165, 1.54) is 12.5 Å². The van der Waals surface area contributed by atoms with Gasteiger partial charge in [-0.15, -0.1) is 0 Å². The van der Waals surface area contributed by atoms with Crippen LogP contribution < -0.4 is 0 Å². The smallest absolute Gasteiger partial charge is 0.310 e.